The number of phenols is 1. The Labute approximate surface area is 134 Å². The first-order valence-electron chi connectivity index (χ1n) is 6.80. The maximum Gasteiger partial charge on any atom is 0.151 e. The third-order valence-electron chi connectivity index (χ3n) is 3.78. The normalized spacial score (nSPS) is 14.8. The minimum atomic E-state index is -0.321. The predicted molar refractivity (Wildman–Crippen MR) is 87.8 cm³/mol. The molecule has 1 fully saturated rings. The number of benzene rings is 2. The van der Waals surface area contributed by atoms with E-state index in [2.05, 4.69) is 32.1 Å². The molecule has 5 heteroatoms. The zero-order valence-electron chi connectivity index (χ0n) is 11.1. The van der Waals surface area contributed by atoms with E-state index in [1.54, 1.807) is 12.1 Å². The number of para-hydroxylation sites is 1. The fourth-order valence-electron chi connectivity index (χ4n) is 2.66. The molecule has 1 N–H and O–H groups in total. The molecule has 21 heavy (non-hydrogen) atoms. The second-order valence-corrected chi connectivity index (χ2v) is 6.55. The molecular weight excluding hydrogens is 382 g/mol. The summed E-state index contributed by atoms with van der Waals surface area (Å²) in [4.78, 5) is 4.47. The Kier molecular flexibility index (Phi) is 2.92. The smallest absolute Gasteiger partial charge is 0.151 e. The number of phenolic OH excluding ortho intramolecular Hbond substituents is 1. The number of fused-ring (bicyclic) bond motifs is 1. The molecule has 2 aromatic carbocycles. The standard InChI is InChI=1S/C16H12FIN2O/c17-12-2-1-3-13-15(12)19-16(20(13)10-5-6-10)11-8-9(18)4-7-14(11)21/h1-4,7-8,10,21H,5-6H2. The Balaban J connectivity index is 2.06. The van der Waals surface area contributed by atoms with Crippen molar-refractivity contribution in [3.8, 4) is 17.1 Å². The number of hydrogen-bond donors (Lipinski definition) is 1. The third-order valence-corrected chi connectivity index (χ3v) is 4.45. The molecule has 0 radical (unpaired) electrons. The first-order valence-corrected chi connectivity index (χ1v) is 7.88. The van der Waals surface area contributed by atoms with Crippen molar-refractivity contribution >= 4 is 33.6 Å². The minimum Gasteiger partial charge on any atom is -0.507 e. The van der Waals surface area contributed by atoms with Gasteiger partial charge in [-0.2, -0.15) is 0 Å². The van der Waals surface area contributed by atoms with Gasteiger partial charge in [-0.25, -0.2) is 9.37 Å². The average Bonchev–Trinajstić information content (AvgIpc) is 3.22. The number of hydrogen-bond acceptors (Lipinski definition) is 2. The fourth-order valence-corrected chi connectivity index (χ4v) is 3.15. The fraction of sp³-hybridized carbons (Fsp3) is 0.188. The molecule has 0 atom stereocenters. The van der Waals surface area contributed by atoms with E-state index in [1.165, 1.54) is 6.07 Å². The van der Waals surface area contributed by atoms with Crippen LogP contribution in [-0.2, 0) is 0 Å². The monoisotopic (exact) mass is 394 g/mol. The third kappa shape index (κ3) is 2.10. The van der Waals surface area contributed by atoms with Crippen molar-refractivity contribution in [3.63, 3.8) is 0 Å². The van der Waals surface area contributed by atoms with Gasteiger partial charge < -0.3 is 9.67 Å². The molecule has 1 aromatic heterocycles. The Bertz CT molecular complexity index is 855. The molecule has 3 aromatic rings. The van der Waals surface area contributed by atoms with E-state index in [0.717, 1.165) is 21.9 Å². The van der Waals surface area contributed by atoms with Crippen molar-refractivity contribution in [2.24, 2.45) is 0 Å². The zero-order valence-corrected chi connectivity index (χ0v) is 13.2. The molecule has 0 aliphatic heterocycles. The molecule has 4 rings (SSSR count). The zero-order chi connectivity index (χ0) is 14.6. The van der Waals surface area contributed by atoms with Gasteiger partial charge in [0.15, 0.2) is 5.82 Å². The van der Waals surface area contributed by atoms with E-state index in [-0.39, 0.29) is 11.6 Å². The SMILES string of the molecule is Oc1ccc(I)cc1-c1nc2c(F)cccc2n1C1CC1. The van der Waals surface area contributed by atoms with Crippen LogP contribution in [0.15, 0.2) is 36.4 Å². The van der Waals surface area contributed by atoms with Crippen LogP contribution >= 0.6 is 22.6 Å². The molecule has 0 saturated heterocycles. The number of rotatable bonds is 2. The lowest BCUT2D eigenvalue weighted by Crippen LogP contribution is -1.97. The summed E-state index contributed by atoms with van der Waals surface area (Å²) in [5.74, 6) is 0.500. The molecule has 1 aliphatic rings. The van der Waals surface area contributed by atoms with Gasteiger partial charge >= 0.3 is 0 Å². The van der Waals surface area contributed by atoms with Crippen LogP contribution in [0.2, 0.25) is 0 Å². The topological polar surface area (TPSA) is 38.1 Å². The van der Waals surface area contributed by atoms with Crippen LogP contribution in [0.1, 0.15) is 18.9 Å². The highest BCUT2D eigenvalue weighted by Crippen LogP contribution is 2.43. The van der Waals surface area contributed by atoms with Crippen LogP contribution in [0.3, 0.4) is 0 Å². The summed E-state index contributed by atoms with van der Waals surface area (Å²) in [7, 11) is 0. The van der Waals surface area contributed by atoms with Crippen molar-refractivity contribution in [1.29, 1.82) is 0 Å². The lowest BCUT2D eigenvalue weighted by atomic mass is 10.2. The van der Waals surface area contributed by atoms with Crippen molar-refractivity contribution in [2.75, 3.05) is 0 Å². The van der Waals surface area contributed by atoms with Crippen LogP contribution < -0.4 is 0 Å². The van der Waals surface area contributed by atoms with E-state index >= 15 is 0 Å². The van der Waals surface area contributed by atoms with Crippen molar-refractivity contribution in [2.45, 2.75) is 18.9 Å². The summed E-state index contributed by atoms with van der Waals surface area (Å²) in [5.41, 5.74) is 1.83. The molecule has 1 saturated carbocycles. The Hall–Kier alpha value is -1.63. The molecule has 106 valence electrons. The van der Waals surface area contributed by atoms with E-state index in [1.807, 2.05) is 18.2 Å². The highest BCUT2D eigenvalue weighted by molar-refractivity contribution is 14.1. The Morgan fingerprint density at radius 2 is 2.05 bits per heavy atom. The van der Waals surface area contributed by atoms with Crippen LogP contribution in [0.25, 0.3) is 22.4 Å². The number of aromatic hydroxyl groups is 1. The number of aromatic nitrogens is 2. The maximum absolute atomic E-state index is 14.0. The summed E-state index contributed by atoms with van der Waals surface area (Å²) < 4.78 is 17.1. The van der Waals surface area contributed by atoms with Crippen LogP contribution in [0.5, 0.6) is 5.75 Å². The molecule has 0 amide bonds. The van der Waals surface area contributed by atoms with Crippen LogP contribution in [0.4, 0.5) is 4.39 Å². The molecule has 1 aliphatic carbocycles. The van der Waals surface area contributed by atoms with Gasteiger partial charge in [0.1, 0.15) is 17.1 Å². The largest absolute Gasteiger partial charge is 0.507 e. The quantitative estimate of drug-likeness (QED) is 0.651. The van der Waals surface area contributed by atoms with Gasteiger partial charge in [-0.1, -0.05) is 6.07 Å². The van der Waals surface area contributed by atoms with Gasteiger partial charge in [-0.05, 0) is 65.8 Å². The lowest BCUT2D eigenvalue weighted by molar-refractivity contribution is 0.476. The van der Waals surface area contributed by atoms with Gasteiger partial charge in [-0.3, -0.25) is 0 Å². The van der Waals surface area contributed by atoms with Gasteiger partial charge in [0.25, 0.3) is 0 Å². The second-order valence-electron chi connectivity index (χ2n) is 5.31. The highest BCUT2D eigenvalue weighted by Gasteiger charge is 2.30. The summed E-state index contributed by atoms with van der Waals surface area (Å²) in [6.45, 7) is 0. The lowest BCUT2D eigenvalue weighted by Gasteiger charge is -2.09. The molecule has 1 heterocycles. The first kappa shape index (κ1) is 13.1. The van der Waals surface area contributed by atoms with Gasteiger partial charge in [0.05, 0.1) is 11.1 Å². The van der Waals surface area contributed by atoms with Crippen molar-refractivity contribution in [3.05, 3.63) is 45.8 Å². The van der Waals surface area contributed by atoms with Crippen molar-refractivity contribution < 1.29 is 9.50 Å². The van der Waals surface area contributed by atoms with Crippen LogP contribution in [-0.4, -0.2) is 14.7 Å². The highest BCUT2D eigenvalue weighted by atomic mass is 127. The minimum absolute atomic E-state index is 0.174. The number of nitrogens with zero attached hydrogens (tertiary/aromatic N) is 2. The molecule has 3 nitrogen and oxygen atoms in total. The predicted octanol–water partition coefficient (Wildman–Crippen LogP) is 4.49. The van der Waals surface area contributed by atoms with Gasteiger partial charge in [-0.15, -0.1) is 0 Å². The summed E-state index contributed by atoms with van der Waals surface area (Å²) in [5, 5.41) is 10.2. The van der Waals surface area contributed by atoms with E-state index in [0.29, 0.717) is 22.9 Å². The van der Waals surface area contributed by atoms with E-state index in [9.17, 15) is 9.50 Å². The molecular formula is C16H12FIN2O. The van der Waals surface area contributed by atoms with Crippen molar-refractivity contribution in [1.82, 2.24) is 9.55 Å². The number of halogens is 2. The Morgan fingerprint density at radius 3 is 2.81 bits per heavy atom. The van der Waals surface area contributed by atoms with Gasteiger partial charge in [0.2, 0.25) is 0 Å². The Morgan fingerprint density at radius 1 is 1.24 bits per heavy atom. The van der Waals surface area contributed by atoms with Crippen LogP contribution in [0, 0.1) is 9.39 Å². The van der Waals surface area contributed by atoms with Gasteiger partial charge in [0, 0.05) is 9.61 Å². The summed E-state index contributed by atoms with van der Waals surface area (Å²) >= 11 is 2.20. The molecule has 0 unspecified atom stereocenters. The second kappa shape index (κ2) is 4.69. The first-order chi connectivity index (χ1) is 10.1. The molecule has 0 bridgehead atoms. The van der Waals surface area contributed by atoms with E-state index in [4.69, 9.17) is 0 Å². The van der Waals surface area contributed by atoms with E-state index < -0.39 is 0 Å². The maximum atomic E-state index is 14.0. The average molecular weight is 394 g/mol. The summed E-state index contributed by atoms with van der Waals surface area (Å²) in [6, 6.07) is 10.7. The number of imidazole rings is 1. The molecule has 0 spiro atoms. The summed E-state index contributed by atoms with van der Waals surface area (Å²) in [6.07, 6.45) is 2.14.